The molecule has 2 aromatic heterocycles. The summed E-state index contributed by atoms with van der Waals surface area (Å²) < 4.78 is 24.3. The van der Waals surface area contributed by atoms with Gasteiger partial charge in [0.25, 0.3) is 10.9 Å². The number of aryl methyl sites for hydroxylation is 2. The molecular formula is C13H14N6O2S. The second-order valence-corrected chi connectivity index (χ2v) is 6.99. The van der Waals surface area contributed by atoms with Crippen LogP contribution in [0, 0.1) is 13.8 Å². The Kier molecular flexibility index (Phi) is 3.10. The Morgan fingerprint density at radius 3 is 2.45 bits per heavy atom. The number of hydrogen-bond donors (Lipinski definition) is 1. The summed E-state index contributed by atoms with van der Waals surface area (Å²) in [6.45, 7) is 4.00. The van der Waals surface area contributed by atoms with Crippen LogP contribution in [0.5, 0.6) is 0 Å². The van der Waals surface area contributed by atoms with Crippen molar-refractivity contribution in [3.8, 4) is 11.4 Å². The number of hydrogen-bond acceptors (Lipinski definition) is 7. The summed E-state index contributed by atoms with van der Waals surface area (Å²) in [6, 6.07) is 5.80. The molecule has 0 amide bonds. The highest BCUT2D eigenvalue weighted by Crippen LogP contribution is 2.20. The van der Waals surface area contributed by atoms with E-state index in [4.69, 9.17) is 5.73 Å². The molecule has 0 bridgehead atoms. The third kappa shape index (κ3) is 2.39. The van der Waals surface area contributed by atoms with Crippen LogP contribution in [-0.2, 0) is 9.84 Å². The molecule has 0 radical (unpaired) electrons. The van der Waals surface area contributed by atoms with Gasteiger partial charge in [-0.3, -0.25) is 0 Å². The molecule has 0 aliphatic rings. The number of nitrogens with two attached hydrogens (primary N) is 1. The fourth-order valence-corrected chi connectivity index (χ4v) is 2.46. The maximum atomic E-state index is 11.5. The van der Waals surface area contributed by atoms with E-state index in [1.807, 2.05) is 32.0 Å². The molecule has 0 saturated carbocycles. The fraction of sp³-hybridized carbons (Fsp3) is 0.231. The minimum absolute atomic E-state index is 0.0759. The third-order valence-electron chi connectivity index (χ3n) is 3.31. The van der Waals surface area contributed by atoms with E-state index in [-0.39, 0.29) is 16.9 Å². The zero-order valence-electron chi connectivity index (χ0n) is 12.3. The Bertz CT molecular complexity index is 993. The predicted molar refractivity (Wildman–Crippen MR) is 81.0 cm³/mol. The van der Waals surface area contributed by atoms with E-state index < -0.39 is 9.84 Å². The van der Waals surface area contributed by atoms with Gasteiger partial charge < -0.3 is 5.73 Å². The van der Waals surface area contributed by atoms with Gasteiger partial charge in [0.15, 0.2) is 5.82 Å². The van der Waals surface area contributed by atoms with E-state index in [2.05, 4.69) is 20.1 Å². The largest absolute Gasteiger partial charge is 0.368 e. The predicted octanol–water partition coefficient (Wildman–Crippen LogP) is 0.789. The average molecular weight is 318 g/mol. The molecule has 0 spiro atoms. The second kappa shape index (κ2) is 4.73. The van der Waals surface area contributed by atoms with Gasteiger partial charge in [-0.15, -0.1) is 5.10 Å². The lowest BCUT2D eigenvalue weighted by molar-refractivity contribution is 0.592. The van der Waals surface area contributed by atoms with Gasteiger partial charge in [0.2, 0.25) is 15.8 Å². The lowest BCUT2D eigenvalue weighted by Gasteiger charge is -2.01. The Morgan fingerprint density at radius 1 is 1.09 bits per heavy atom. The molecule has 8 nitrogen and oxygen atoms in total. The van der Waals surface area contributed by atoms with Crippen LogP contribution in [-0.4, -0.2) is 39.2 Å². The second-order valence-electron chi connectivity index (χ2n) is 5.08. The first-order valence-corrected chi connectivity index (χ1v) is 8.33. The lowest BCUT2D eigenvalue weighted by atomic mass is 10.1. The zero-order valence-corrected chi connectivity index (χ0v) is 13.1. The summed E-state index contributed by atoms with van der Waals surface area (Å²) in [5.74, 6) is 0.434. The average Bonchev–Trinajstić information content (AvgIpc) is 2.85. The first kappa shape index (κ1) is 14.4. The van der Waals surface area contributed by atoms with Gasteiger partial charge in [0.1, 0.15) is 0 Å². The molecule has 1 aromatic carbocycles. The molecule has 2 heterocycles. The van der Waals surface area contributed by atoms with Crippen LogP contribution in [0.1, 0.15) is 11.1 Å². The van der Waals surface area contributed by atoms with Crippen LogP contribution in [0.15, 0.2) is 23.4 Å². The summed E-state index contributed by atoms with van der Waals surface area (Å²) in [5, 5.41) is 3.87. The normalized spacial score (nSPS) is 12.0. The Balaban J connectivity index is 2.21. The van der Waals surface area contributed by atoms with E-state index in [1.54, 1.807) is 0 Å². The highest BCUT2D eigenvalue weighted by molar-refractivity contribution is 7.90. The maximum Gasteiger partial charge on any atom is 0.258 e. The number of benzene rings is 1. The van der Waals surface area contributed by atoms with Gasteiger partial charge >= 0.3 is 0 Å². The zero-order chi connectivity index (χ0) is 16.1. The molecule has 2 N–H and O–H groups in total. The van der Waals surface area contributed by atoms with Gasteiger partial charge in [-0.25, -0.2) is 8.42 Å². The lowest BCUT2D eigenvalue weighted by Crippen LogP contribution is -2.11. The number of aromatic nitrogens is 5. The molecule has 0 fully saturated rings. The van der Waals surface area contributed by atoms with E-state index in [1.165, 1.54) is 4.52 Å². The van der Waals surface area contributed by atoms with Gasteiger partial charge in [-0.1, -0.05) is 12.1 Å². The Labute approximate surface area is 127 Å². The van der Waals surface area contributed by atoms with Gasteiger partial charge in [0.05, 0.1) is 0 Å². The SMILES string of the molecule is Cc1ccc(-c2nc3nc(S(C)(=O)=O)nc(N)n3n2)cc1C. The molecule has 0 unspecified atom stereocenters. The molecule has 0 saturated heterocycles. The van der Waals surface area contributed by atoms with Gasteiger partial charge in [-0.05, 0) is 31.0 Å². The van der Waals surface area contributed by atoms with Crippen molar-refractivity contribution >= 4 is 21.6 Å². The van der Waals surface area contributed by atoms with Crippen LogP contribution in [0.3, 0.4) is 0 Å². The van der Waals surface area contributed by atoms with Crippen molar-refractivity contribution in [3.05, 3.63) is 29.3 Å². The Morgan fingerprint density at radius 2 is 1.82 bits per heavy atom. The van der Waals surface area contributed by atoms with Gasteiger partial charge in [0, 0.05) is 11.8 Å². The molecule has 3 aromatic rings. The number of nitrogen functional groups attached to an aromatic ring is 1. The molecule has 114 valence electrons. The number of nitrogens with zero attached hydrogens (tertiary/aromatic N) is 5. The summed E-state index contributed by atoms with van der Waals surface area (Å²) >= 11 is 0. The number of sulfone groups is 1. The third-order valence-corrected chi connectivity index (χ3v) is 4.16. The van der Waals surface area contributed by atoms with Crippen molar-refractivity contribution in [2.45, 2.75) is 19.0 Å². The molecular weight excluding hydrogens is 304 g/mol. The van der Waals surface area contributed by atoms with Crippen LogP contribution in [0.25, 0.3) is 17.2 Å². The van der Waals surface area contributed by atoms with Crippen LogP contribution in [0.4, 0.5) is 5.95 Å². The summed E-state index contributed by atoms with van der Waals surface area (Å²) in [5.41, 5.74) is 8.81. The van der Waals surface area contributed by atoms with Crippen LogP contribution < -0.4 is 5.73 Å². The maximum absolute atomic E-state index is 11.5. The van der Waals surface area contributed by atoms with Crippen molar-refractivity contribution in [2.75, 3.05) is 12.0 Å². The van der Waals surface area contributed by atoms with Crippen molar-refractivity contribution in [1.82, 2.24) is 24.6 Å². The van der Waals surface area contributed by atoms with E-state index in [9.17, 15) is 8.42 Å². The quantitative estimate of drug-likeness (QED) is 0.742. The van der Waals surface area contributed by atoms with Crippen LogP contribution >= 0.6 is 0 Å². The van der Waals surface area contributed by atoms with E-state index in [0.29, 0.717) is 5.82 Å². The Hall–Kier alpha value is -2.55. The monoisotopic (exact) mass is 318 g/mol. The van der Waals surface area contributed by atoms with Crippen molar-refractivity contribution < 1.29 is 8.42 Å². The molecule has 22 heavy (non-hydrogen) atoms. The standard InChI is InChI=1S/C13H14N6O2S/c1-7-4-5-9(6-8(7)2)10-15-12-17-13(22(3,20)21)16-11(14)19(12)18-10/h4-6H,1-3H3,(H2,14,15,16,17,18). The number of anilines is 1. The van der Waals surface area contributed by atoms with Crippen molar-refractivity contribution in [1.29, 1.82) is 0 Å². The number of rotatable bonds is 2. The minimum atomic E-state index is -3.57. The van der Waals surface area contributed by atoms with Crippen molar-refractivity contribution in [3.63, 3.8) is 0 Å². The highest BCUT2D eigenvalue weighted by atomic mass is 32.2. The molecule has 9 heteroatoms. The minimum Gasteiger partial charge on any atom is -0.368 e. The summed E-state index contributed by atoms with van der Waals surface area (Å²) in [6.07, 6.45) is 1.01. The summed E-state index contributed by atoms with van der Waals surface area (Å²) in [7, 11) is -3.57. The molecule has 0 aliphatic carbocycles. The summed E-state index contributed by atoms with van der Waals surface area (Å²) in [4.78, 5) is 11.9. The smallest absolute Gasteiger partial charge is 0.258 e. The first-order chi connectivity index (χ1) is 10.3. The van der Waals surface area contributed by atoms with Gasteiger partial charge in [-0.2, -0.15) is 19.5 Å². The molecule has 0 atom stereocenters. The first-order valence-electron chi connectivity index (χ1n) is 6.43. The van der Waals surface area contributed by atoms with E-state index in [0.717, 1.165) is 22.9 Å². The van der Waals surface area contributed by atoms with Crippen molar-refractivity contribution in [2.24, 2.45) is 0 Å². The van der Waals surface area contributed by atoms with E-state index >= 15 is 0 Å². The van der Waals surface area contributed by atoms with Crippen LogP contribution in [0.2, 0.25) is 0 Å². The molecule has 3 rings (SSSR count). The number of fused-ring (bicyclic) bond motifs is 1. The highest BCUT2D eigenvalue weighted by Gasteiger charge is 2.17. The molecule has 0 aliphatic heterocycles. The topological polar surface area (TPSA) is 116 Å². The fourth-order valence-electron chi connectivity index (χ4n) is 1.95.